The Morgan fingerprint density at radius 1 is 1.33 bits per heavy atom. The maximum atomic E-state index is 9.12. The number of para-hydroxylation sites is 1. The Balaban J connectivity index is 2.05. The number of hydrogen-bond acceptors (Lipinski definition) is 4. The number of nitrogens with zero attached hydrogens (tertiary/aromatic N) is 4. The van der Waals surface area contributed by atoms with Gasteiger partial charge in [-0.25, -0.2) is 5.01 Å². The monoisotopic (exact) mass is 256 g/mol. The lowest BCUT2D eigenvalue weighted by Gasteiger charge is -2.38. The minimum Gasteiger partial charge on any atom is -0.338 e. The van der Waals surface area contributed by atoms with Gasteiger partial charge in [0, 0.05) is 6.54 Å². The Kier molecular flexibility index (Phi) is 2.73. The second kappa shape index (κ2) is 4.39. The highest BCUT2D eigenvalue weighted by atomic mass is 32.1. The van der Waals surface area contributed by atoms with Crippen LogP contribution in [0, 0.1) is 11.3 Å². The normalized spacial score (nSPS) is 22.5. The smallest absolute Gasteiger partial charge is 0.195 e. The van der Waals surface area contributed by atoms with E-state index < -0.39 is 0 Å². The van der Waals surface area contributed by atoms with Crippen LogP contribution in [-0.4, -0.2) is 28.3 Å². The molecule has 0 radical (unpaired) electrons. The van der Waals surface area contributed by atoms with Crippen LogP contribution >= 0.6 is 12.2 Å². The summed E-state index contributed by atoms with van der Waals surface area (Å²) in [4.78, 5) is 2.70. The van der Waals surface area contributed by atoms with Gasteiger partial charge in [0.05, 0.1) is 5.69 Å². The van der Waals surface area contributed by atoms with Gasteiger partial charge in [-0.15, -0.1) is 0 Å². The van der Waals surface area contributed by atoms with Gasteiger partial charge in [0.1, 0.15) is 17.2 Å². The first-order chi connectivity index (χ1) is 8.81. The molecule has 0 N–H and O–H groups in total. The third-order valence-corrected chi connectivity index (χ3v) is 3.73. The lowest BCUT2D eigenvalue weighted by molar-refractivity contribution is 0.376. The Morgan fingerprint density at radius 2 is 2.11 bits per heavy atom. The summed E-state index contributed by atoms with van der Waals surface area (Å²) in [6.45, 7) is 0.910. The van der Waals surface area contributed by atoms with Gasteiger partial charge in [-0.3, -0.25) is 0 Å². The molecule has 3 rings (SSSR count). The van der Waals surface area contributed by atoms with Crippen molar-refractivity contribution in [2.75, 3.05) is 11.6 Å². The van der Waals surface area contributed by atoms with Gasteiger partial charge in [-0.05, 0) is 25.0 Å². The molecule has 1 aromatic carbocycles. The minimum atomic E-state index is 0.164. The van der Waals surface area contributed by atoms with Crippen molar-refractivity contribution < 1.29 is 0 Å². The van der Waals surface area contributed by atoms with Gasteiger partial charge >= 0.3 is 0 Å². The van der Waals surface area contributed by atoms with Gasteiger partial charge < -0.3 is 4.90 Å². The van der Waals surface area contributed by atoms with E-state index in [0.717, 1.165) is 25.1 Å². The van der Waals surface area contributed by atoms with Crippen molar-refractivity contribution in [2.45, 2.75) is 19.0 Å². The van der Waals surface area contributed by atoms with Crippen LogP contribution in [0.15, 0.2) is 35.4 Å². The van der Waals surface area contributed by atoms with Crippen LogP contribution in [0.1, 0.15) is 12.8 Å². The molecule has 5 heteroatoms. The van der Waals surface area contributed by atoms with E-state index in [-0.39, 0.29) is 6.17 Å². The molecule has 0 bridgehead atoms. The summed E-state index contributed by atoms with van der Waals surface area (Å²) in [5.74, 6) is 0. The lowest BCUT2D eigenvalue weighted by Crippen LogP contribution is -2.51. The van der Waals surface area contributed by atoms with Crippen LogP contribution < -0.4 is 5.01 Å². The molecule has 2 heterocycles. The summed E-state index contributed by atoms with van der Waals surface area (Å²) in [5, 5.41) is 15.4. The fourth-order valence-electron chi connectivity index (χ4n) is 2.47. The van der Waals surface area contributed by atoms with E-state index in [4.69, 9.17) is 17.5 Å². The van der Waals surface area contributed by atoms with Crippen LogP contribution in [0.25, 0.3) is 0 Å². The molecule has 1 atom stereocenters. The van der Waals surface area contributed by atoms with E-state index in [1.807, 2.05) is 35.3 Å². The molecule has 4 nitrogen and oxygen atoms in total. The van der Waals surface area contributed by atoms with Crippen LogP contribution in [0.5, 0.6) is 0 Å². The number of hydrazone groups is 1. The fraction of sp³-hybridized carbons (Fsp3) is 0.308. The maximum Gasteiger partial charge on any atom is 0.195 e. The maximum absolute atomic E-state index is 9.12. The van der Waals surface area contributed by atoms with Crippen molar-refractivity contribution >= 4 is 28.6 Å². The largest absolute Gasteiger partial charge is 0.338 e. The Labute approximate surface area is 111 Å². The van der Waals surface area contributed by atoms with Gasteiger partial charge in [0.25, 0.3) is 0 Å². The topological polar surface area (TPSA) is 42.6 Å². The summed E-state index contributed by atoms with van der Waals surface area (Å²) in [6.07, 6.45) is 2.27. The van der Waals surface area contributed by atoms with Crippen LogP contribution in [-0.2, 0) is 0 Å². The standard InChI is InChI=1S/C13H12N4S/c14-9-11-13(18)16-8-4-7-12(16)17(15-11)10-5-2-1-3-6-10/h1-3,5-6,12H,4,7-8H2. The molecule has 1 aromatic rings. The molecule has 2 aliphatic heterocycles. The highest BCUT2D eigenvalue weighted by molar-refractivity contribution is 7.82. The van der Waals surface area contributed by atoms with E-state index in [1.54, 1.807) is 0 Å². The number of anilines is 1. The number of nitriles is 1. The van der Waals surface area contributed by atoms with Gasteiger partial charge in [0.15, 0.2) is 5.71 Å². The Hall–Kier alpha value is -1.93. The quantitative estimate of drug-likeness (QED) is 0.722. The summed E-state index contributed by atoms with van der Waals surface area (Å²) in [5.41, 5.74) is 1.34. The van der Waals surface area contributed by atoms with E-state index in [0.29, 0.717) is 10.7 Å². The zero-order chi connectivity index (χ0) is 12.5. The van der Waals surface area contributed by atoms with E-state index in [9.17, 15) is 0 Å². The van der Waals surface area contributed by atoms with Crippen molar-refractivity contribution in [2.24, 2.45) is 5.10 Å². The average molecular weight is 256 g/mol. The SMILES string of the molecule is N#CC1=NN(c2ccccc2)C2CCCN2C1=S. The fourth-order valence-corrected chi connectivity index (χ4v) is 2.77. The number of benzene rings is 1. The van der Waals surface area contributed by atoms with E-state index in [2.05, 4.69) is 16.1 Å². The second-order valence-electron chi connectivity index (χ2n) is 4.36. The Morgan fingerprint density at radius 3 is 2.83 bits per heavy atom. The zero-order valence-corrected chi connectivity index (χ0v) is 10.6. The number of rotatable bonds is 1. The zero-order valence-electron chi connectivity index (χ0n) is 9.78. The molecular weight excluding hydrogens is 244 g/mol. The number of fused-ring (bicyclic) bond motifs is 1. The van der Waals surface area contributed by atoms with Crippen molar-refractivity contribution in [1.82, 2.24) is 4.90 Å². The molecule has 18 heavy (non-hydrogen) atoms. The highest BCUT2D eigenvalue weighted by Gasteiger charge is 2.37. The Bertz CT molecular complexity index is 546. The van der Waals surface area contributed by atoms with Gasteiger partial charge in [0.2, 0.25) is 0 Å². The summed E-state index contributed by atoms with van der Waals surface area (Å²) in [7, 11) is 0. The summed E-state index contributed by atoms with van der Waals surface area (Å²) in [6, 6.07) is 12.0. The average Bonchev–Trinajstić information content (AvgIpc) is 2.90. The van der Waals surface area contributed by atoms with Crippen molar-refractivity contribution in [3.63, 3.8) is 0 Å². The molecule has 1 saturated heterocycles. The van der Waals surface area contributed by atoms with Crippen LogP contribution in [0.3, 0.4) is 0 Å². The molecule has 0 spiro atoms. The summed E-state index contributed by atoms with van der Waals surface area (Å²) < 4.78 is 0. The van der Waals surface area contributed by atoms with Crippen molar-refractivity contribution in [1.29, 1.82) is 5.26 Å². The molecule has 1 fully saturated rings. The van der Waals surface area contributed by atoms with Crippen molar-refractivity contribution in [3.8, 4) is 6.07 Å². The van der Waals surface area contributed by atoms with Gasteiger partial charge in [-0.2, -0.15) is 10.4 Å². The number of thiocarbonyl (C=S) groups is 1. The molecule has 0 aliphatic carbocycles. The van der Waals surface area contributed by atoms with E-state index >= 15 is 0 Å². The van der Waals surface area contributed by atoms with Crippen LogP contribution in [0.4, 0.5) is 5.69 Å². The molecule has 0 amide bonds. The van der Waals surface area contributed by atoms with Crippen molar-refractivity contribution in [3.05, 3.63) is 30.3 Å². The van der Waals surface area contributed by atoms with Crippen LogP contribution in [0.2, 0.25) is 0 Å². The molecule has 1 unspecified atom stereocenters. The summed E-state index contributed by atoms with van der Waals surface area (Å²) >= 11 is 5.31. The first-order valence-electron chi connectivity index (χ1n) is 5.95. The first-order valence-corrected chi connectivity index (χ1v) is 6.36. The third kappa shape index (κ3) is 1.66. The molecule has 0 saturated carbocycles. The van der Waals surface area contributed by atoms with Gasteiger partial charge in [-0.1, -0.05) is 30.4 Å². The second-order valence-corrected chi connectivity index (χ2v) is 4.75. The highest BCUT2D eigenvalue weighted by Crippen LogP contribution is 2.30. The molecule has 90 valence electrons. The predicted octanol–water partition coefficient (Wildman–Crippen LogP) is 2.14. The molecular formula is C13H12N4S. The minimum absolute atomic E-state index is 0.164. The predicted molar refractivity (Wildman–Crippen MR) is 74.3 cm³/mol. The first kappa shape index (κ1) is 11.2. The molecule has 2 aliphatic rings. The molecule has 0 aromatic heterocycles. The third-order valence-electron chi connectivity index (χ3n) is 3.30. The number of hydrogen-bond donors (Lipinski definition) is 0. The lowest BCUT2D eigenvalue weighted by atomic mass is 10.2. The van der Waals surface area contributed by atoms with E-state index in [1.165, 1.54) is 0 Å².